The highest BCUT2D eigenvalue weighted by molar-refractivity contribution is 5.84. The Morgan fingerprint density at radius 1 is 1.06 bits per heavy atom. The van der Waals surface area contributed by atoms with E-state index in [9.17, 15) is 0 Å². The van der Waals surface area contributed by atoms with Crippen molar-refractivity contribution in [2.45, 2.75) is 26.7 Å². The maximum atomic E-state index is 2.32. The van der Waals surface area contributed by atoms with Gasteiger partial charge in [0, 0.05) is 23.2 Å². The number of aromatic nitrogens is 1. The molecule has 1 atom stereocenters. The van der Waals surface area contributed by atoms with E-state index in [0.29, 0.717) is 5.92 Å². The summed E-state index contributed by atoms with van der Waals surface area (Å²) in [4.78, 5) is 0. The summed E-state index contributed by atoms with van der Waals surface area (Å²) in [7, 11) is 0. The predicted octanol–water partition coefficient (Wildman–Crippen LogP) is 4.81. The monoisotopic (exact) mass is 237 g/mol. The molecule has 0 bridgehead atoms. The van der Waals surface area contributed by atoms with E-state index in [4.69, 9.17) is 0 Å². The molecule has 0 spiro atoms. The first kappa shape index (κ1) is 11.3. The molecule has 1 aromatic carbocycles. The van der Waals surface area contributed by atoms with Crippen LogP contribution < -0.4 is 0 Å². The van der Waals surface area contributed by atoms with Crippen molar-refractivity contribution in [1.82, 2.24) is 4.57 Å². The fourth-order valence-corrected chi connectivity index (χ4v) is 2.74. The Balaban J connectivity index is 2.29. The van der Waals surface area contributed by atoms with Crippen LogP contribution >= 0.6 is 0 Å². The van der Waals surface area contributed by atoms with E-state index in [2.05, 4.69) is 80.1 Å². The molecule has 0 fully saturated rings. The maximum Gasteiger partial charge on any atom is 0.0525 e. The van der Waals surface area contributed by atoms with Gasteiger partial charge in [0.2, 0.25) is 0 Å². The summed E-state index contributed by atoms with van der Waals surface area (Å²) in [6.45, 7) is 6.90. The number of allylic oxidation sites excluding steroid dienone is 3. The van der Waals surface area contributed by atoms with Crippen molar-refractivity contribution in [2.75, 3.05) is 0 Å². The van der Waals surface area contributed by atoms with Crippen LogP contribution in [-0.2, 0) is 0 Å². The minimum atomic E-state index is 0.231. The van der Waals surface area contributed by atoms with E-state index in [1.54, 1.807) is 0 Å². The quantitative estimate of drug-likeness (QED) is 0.619. The summed E-state index contributed by atoms with van der Waals surface area (Å²) in [6.07, 6.45) is 8.77. The zero-order chi connectivity index (χ0) is 12.8. The van der Waals surface area contributed by atoms with Crippen LogP contribution in [0.2, 0.25) is 0 Å². The highest BCUT2D eigenvalue weighted by Gasteiger charge is 2.27. The largest absolute Gasteiger partial charge is 0.320 e. The first-order valence-corrected chi connectivity index (χ1v) is 6.52. The minimum absolute atomic E-state index is 0.231. The van der Waals surface area contributed by atoms with Gasteiger partial charge in [0.05, 0.1) is 5.52 Å². The van der Waals surface area contributed by atoms with Crippen LogP contribution in [0, 0.1) is 5.41 Å². The summed E-state index contributed by atoms with van der Waals surface area (Å²) in [6, 6.07) is 10.9. The van der Waals surface area contributed by atoms with Gasteiger partial charge in [0.15, 0.2) is 0 Å². The lowest BCUT2D eigenvalue weighted by Crippen LogP contribution is -2.18. The summed E-state index contributed by atoms with van der Waals surface area (Å²) in [5.74, 6) is 0.444. The lowest BCUT2D eigenvalue weighted by atomic mass is 9.78. The molecule has 1 aliphatic heterocycles. The normalized spacial score (nSPS) is 18.9. The molecule has 1 heteroatoms. The Hall–Kier alpha value is -1.76. The van der Waals surface area contributed by atoms with Gasteiger partial charge in [0.25, 0.3) is 0 Å². The zero-order valence-corrected chi connectivity index (χ0v) is 11.2. The third-order valence-electron chi connectivity index (χ3n) is 3.68. The van der Waals surface area contributed by atoms with Crippen molar-refractivity contribution in [2.24, 2.45) is 5.41 Å². The van der Waals surface area contributed by atoms with Crippen LogP contribution in [-0.4, -0.2) is 4.57 Å². The molecule has 0 saturated heterocycles. The zero-order valence-electron chi connectivity index (χ0n) is 11.2. The van der Waals surface area contributed by atoms with E-state index in [0.717, 1.165) is 0 Å². The lowest BCUT2D eigenvalue weighted by Gasteiger charge is -2.28. The number of hydrogen-bond donors (Lipinski definition) is 0. The molecule has 0 amide bonds. The number of benzene rings is 1. The number of hydrogen-bond acceptors (Lipinski definition) is 0. The average Bonchev–Trinajstić information content (AvgIpc) is 2.52. The standard InChI is InChI=1S/C17H19N/c1-17(2,3)14-9-6-7-11-18-15-10-5-4-8-13(15)12-16(14)18/h4-12,14H,1-3H3. The van der Waals surface area contributed by atoms with Crippen LogP contribution in [0.1, 0.15) is 32.4 Å². The third-order valence-corrected chi connectivity index (χ3v) is 3.68. The highest BCUT2D eigenvalue weighted by Crippen LogP contribution is 2.39. The van der Waals surface area contributed by atoms with Crippen LogP contribution in [0.5, 0.6) is 0 Å². The molecule has 2 heterocycles. The van der Waals surface area contributed by atoms with Crippen molar-refractivity contribution in [3.63, 3.8) is 0 Å². The molecular weight excluding hydrogens is 218 g/mol. The fourth-order valence-electron chi connectivity index (χ4n) is 2.74. The maximum absolute atomic E-state index is 2.32. The summed E-state index contributed by atoms with van der Waals surface area (Å²) < 4.78 is 2.32. The molecule has 0 aliphatic carbocycles. The molecule has 1 unspecified atom stereocenters. The van der Waals surface area contributed by atoms with Gasteiger partial charge in [0.1, 0.15) is 0 Å². The summed E-state index contributed by atoms with van der Waals surface area (Å²) >= 11 is 0. The van der Waals surface area contributed by atoms with E-state index in [1.165, 1.54) is 16.6 Å². The Bertz CT molecular complexity index is 635. The summed E-state index contributed by atoms with van der Waals surface area (Å²) in [5.41, 5.74) is 2.91. The molecule has 0 N–H and O–H groups in total. The van der Waals surface area contributed by atoms with E-state index >= 15 is 0 Å². The SMILES string of the molecule is CC(C)(C)C1C=CC=Cn2c1cc1ccccc12. The number of fused-ring (bicyclic) bond motifs is 3. The predicted molar refractivity (Wildman–Crippen MR) is 78.6 cm³/mol. The smallest absolute Gasteiger partial charge is 0.0525 e. The molecule has 1 aliphatic rings. The van der Waals surface area contributed by atoms with E-state index in [-0.39, 0.29) is 5.41 Å². The average molecular weight is 237 g/mol. The van der Waals surface area contributed by atoms with Crippen LogP contribution in [0.25, 0.3) is 17.1 Å². The Morgan fingerprint density at radius 2 is 1.83 bits per heavy atom. The van der Waals surface area contributed by atoms with E-state index < -0.39 is 0 Å². The Morgan fingerprint density at radius 3 is 2.61 bits per heavy atom. The molecule has 2 aromatic rings. The fraction of sp³-hybridized carbons (Fsp3) is 0.294. The molecule has 1 nitrogen and oxygen atoms in total. The number of rotatable bonds is 0. The van der Waals surface area contributed by atoms with Gasteiger partial charge in [-0.15, -0.1) is 0 Å². The topological polar surface area (TPSA) is 4.93 Å². The first-order chi connectivity index (χ1) is 8.57. The van der Waals surface area contributed by atoms with Crippen LogP contribution in [0.4, 0.5) is 0 Å². The second kappa shape index (κ2) is 3.88. The van der Waals surface area contributed by atoms with Gasteiger partial charge >= 0.3 is 0 Å². The van der Waals surface area contributed by atoms with Crippen molar-refractivity contribution in [3.05, 3.63) is 54.3 Å². The third kappa shape index (κ3) is 1.71. The first-order valence-electron chi connectivity index (χ1n) is 6.52. The second-order valence-corrected chi connectivity index (χ2v) is 6.07. The second-order valence-electron chi connectivity index (χ2n) is 6.07. The summed E-state index contributed by atoms with van der Waals surface area (Å²) in [5, 5.41) is 1.32. The van der Waals surface area contributed by atoms with Gasteiger partial charge in [-0.2, -0.15) is 0 Å². The van der Waals surface area contributed by atoms with Gasteiger partial charge < -0.3 is 4.57 Å². The van der Waals surface area contributed by atoms with Crippen LogP contribution in [0.15, 0.2) is 48.6 Å². The molecule has 0 radical (unpaired) electrons. The van der Waals surface area contributed by atoms with Crippen molar-refractivity contribution < 1.29 is 0 Å². The Kier molecular flexibility index (Phi) is 2.44. The lowest BCUT2D eigenvalue weighted by molar-refractivity contribution is 0.360. The molecule has 18 heavy (non-hydrogen) atoms. The van der Waals surface area contributed by atoms with Crippen molar-refractivity contribution >= 4 is 17.1 Å². The molecular formula is C17H19N. The molecule has 92 valence electrons. The molecule has 1 aromatic heterocycles. The van der Waals surface area contributed by atoms with Gasteiger partial charge in [-0.1, -0.05) is 51.1 Å². The highest BCUT2D eigenvalue weighted by atomic mass is 15.0. The van der Waals surface area contributed by atoms with Crippen molar-refractivity contribution in [3.8, 4) is 0 Å². The van der Waals surface area contributed by atoms with Gasteiger partial charge in [-0.3, -0.25) is 0 Å². The van der Waals surface area contributed by atoms with Gasteiger partial charge in [-0.05, 0) is 23.6 Å². The van der Waals surface area contributed by atoms with Crippen LogP contribution in [0.3, 0.4) is 0 Å². The number of nitrogens with zero attached hydrogens (tertiary/aromatic N) is 1. The Labute approximate surface area is 108 Å². The molecule has 3 rings (SSSR count). The number of para-hydroxylation sites is 1. The van der Waals surface area contributed by atoms with E-state index in [1.807, 2.05) is 0 Å². The minimum Gasteiger partial charge on any atom is -0.320 e. The van der Waals surface area contributed by atoms with Crippen molar-refractivity contribution in [1.29, 1.82) is 0 Å². The van der Waals surface area contributed by atoms with Gasteiger partial charge in [-0.25, -0.2) is 0 Å². The molecule has 0 saturated carbocycles.